The third-order valence-corrected chi connectivity index (χ3v) is 3.03. The third kappa shape index (κ3) is 3.55. The molecule has 2 rings (SSSR count). The summed E-state index contributed by atoms with van der Waals surface area (Å²) in [6.45, 7) is 0.886. The minimum atomic E-state index is -0.553. The van der Waals surface area contributed by atoms with E-state index in [1.165, 1.54) is 6.07 Å². The molecule has 104 valence electrons. The second kappa shape index (κ2) is 7.02. The monoisotopic (exact) mass is 280 g/mol. The fraction of sp³-hybridized carbons (Fsp3) is 0.188. The molecular formula is C16H13FN4. The van der Waals surface area contributed by atoms with E-state index >= 15 is 0 Å². The van der Waals surface area contributed by atoms with Crippen LogP contribution in [0.2, 0.25) is 0 Å². The molecule has 0 aliphatic carbocycles. The molecule has 0 saturated heterocycles. The third-order valence-electron chi connectivity index (χ3n) is 3.03. The number of benzene rings is 1. The van der Waals surface area contributed by atoms with Crippen LogP contribution in [0.3, 0.4) is 0 Å². The average molecular weight is 280 g/mol. The predicted molar refractivity (Wildman–Crippen MR) is 76.6 cm³/mol. The molecule has 1 aromatic carbocycles. The van der Waals surface area contributed by atoms with Crippen LogP contribution in [0.25, 0.3) is 0 Å². The standard InChI is InChI=1S/C16H13FN4/c17-15-5-1-6-16(14(15)10-19)21(9-3-7-18)12-13-4-2-8-20-11-13/h1-2,4-6,8,11H,3,9,12H2. The van der Waals surface area contributed by atoms with Gasteiger partial charge in [0.1, 0.15) is 17.4 Å². The summed E-state index contributed by atoms with van der Waals surface area (Å²) in [5.41, 5.74) is 1.43. The Balaban J connectivity index is 2.35. The topological polar surface area (TPSA) is 63.7 Å². The Kier molecular flexibility index (Phi) is 4.84. The highest BCUT2D eigenvalue weighted by atomic mass is 19.1. The highest BCUT2D eigenvalue weighted by Crippen LogP contribution is 2.24. The Morgan fingerprint density at radius 1 is 1.19 bits per heavy atom. The van der Waals surface area contributed by atoms with Gasteiger partial charge in [0.15, 0.2) is 0 Å². The molecule has 21 heavy (non-hydrogen) atoms. The van der Waals surface area contributed by atoms with Crippen molar-refractivity contribution in [2.45, 2.75) is 13.0 Å². The maximum atomic E-state index is 13.7. The lowest BCUT2D eigenvalue weighted by Gasteiger charge is -2.25. The average Bonchev–Trinajstić information content (AvgIpc) is 2.52. The van der Waals surface area contributed by atoms with Crippen molar-refractivity contribution in [3.8, 4) is 12.1 Å². The van der Waals surface area contributed by atoms with Crippen molar-refractivity contribution in [3.63, 3.8) is 0 Å². The largest absolute Gasteiger partial charge is 0.365 e. The minimum Gasteiger partial charge on any atom is -0.365 e. The summed E-state index contributed by atoms with van der Waals surface area (Å²) in [6.07, 6.45) is 3.68. The maximum Gasteiger partial charge on any atom is 0.143 e. The summed E-state index contributed by atoms with van der Waals surface area (Å²) in [7, 11) is 0. The first-order chi connectivity index (χ1) is 10.3. The van der Waals surface area contributed by atoms with Crippen molar-refractivity contribution >= 4 is 5.69 Å². The van der Waals surface area contributed by atoms with Gasteiger partial charge >= 0.3 is 0 Å². The summed E-state index contributed by atoms with van der Waals surface area (Å²) in [5, 5.41) is 17.9. The van der Waals surface area contributed by atoms with Gasteiger partial charge in [0.2, 0.25) is 0 Å². The molecule has 0 unspecified atom stereocenters. The molecule has 0 aliphatic rings. The molecule has 0 spiro atoms. The highest BCUT2D eigenvalue weighted by molar-refractivity contribution is 5.60. The lowest BCUT2D eigenvalue weighted by molar-refractivity contribution is 0.622. The quantitative estimate of drug-likeness (QED) is 0.844. The van der Waals surface area contributed by atoms with Crippen LogP contribution in [0.1, 0.15) is 17.5 Å². The minimum absolute atomic E-state index is 0.000620. The number of aromatic nitrogens is 1. The van der Waals surface area contributed by atoms with Crippen LogP contribution in [0.4, 0.5) is 10.1 Å². The van der Waals surface area contributed by atoms with Crippen molar-refractivity contribution in [1.29, 1.82) is 10.5 Å². The lowest BCUT2D eigenvalue weighted by atomic mass is 10.1. The number of halogens is 1. The Hall–Kier alpha value is -2.92. The van der Waals surface area contributed by atoms with Gasteiger partial charge in [-0.15, -0.1) is 0 Å². The van der Waals surface area contributed by atoms with Gasteiger partial charge in [-0.2, -0.15) is 10.5 Å². The Morgan fingerprint density at radius 3 is 2.71 bits per heavy atom. The molecule has 4 nitrogen and oxygen atoms in total. The van der Waals surface area contributed by atoms with Gasteiger partial charge in [-0.3, -0.25) is 4.98 Å². The van der Waals surface area contributed by atoms with Crippen LogP contribution < -0.4 is 4.90 Å². The Morgan fingerprint density at radius 2 is 2.05 bits per heavy atom. The number of hydrogen-bond acceptors (Lipinski definition) is 4. The van der Waals surface area contributed by atoms with E-state index in [4.69, 9.17) is 10.5 Å². The summed E-state index contributed by atoms with van der Waals surface area (Å²) in [6, 6.07) is 12.2. The summed E-state index contributed by atoms with van der Waals surface area (Å²) < 4.78 is 13.7. The number of nitriles is 2. The van der Waals surface area contributed by atoms with Crippen LogP contribution in [0, 0.1) is 28.5 Å². The van der Waals surface area contributed by atoms with E-state index in [9.17, 15) is 4.39 Å². The molecule has 5 heteroatoms. The van der Waals surface area contributed by atoms with Gasteiger partial charge in [-0.25, -0.2) is 4.39 Å². The smallest absolute Gasteiger partial charge is 0.143 e. The number of rotatable bonds is 5. The molecule has 0 atom stereocenters. The van der Waals surface area contributed by atoms with Crippen molar-refractivity contribution < 1.29 is 4.39 Å². The Bertz CT molecular complexity index is 686. The highest BCUT2D eigenvalue weighted by Gasteiger charge is 2.15. The van der Waals surface area contributed by atoms with Crippen molar-refractivity contribution in [3.05, 3.63) is 59.7 Å². The number of anilines is 1. The van der Waals surface area contributed by atoms with Crippen molar-refractivity contribution in [2.75, 3.05) is 11.4 Å². The molecule has 0 fully saturated rings. The second-order valence-corrected chi connectivity index (χ2v) is 4.44. The van der Waals surface area contributed by atoms with E-state index in [0.717, 1.165) is 5.56 Å². The van der Waals surface area contributed by atoms with Gasteiger partial charge in [0, 0.05) is 25.5 Å². The van der Waals surface area contributed by atoms with E-state index in [0.29, 0.717) is 25.2 Å². The van der Waals surface area contributed by atoms with Crippen LogP contribution >= 0.6 is 0 Å². The van der Waals surface area contributed by atoms with Gasteiger partial charge in [-0.1, -0.05) is 12.1 Å². The van der Waals surface area contributed by atoms with Crippen LogP contribution in [0.15, 0.2) is 42.7 Å². The SMILES string of the molecule is N#CCCN(Cc1cccnc1)c1cccc(F)c1C#N. The predicted octanol–water partition coefficient (Wildman–Crippen LogP) is 3.01. The first kappa shape index (κ1) is 14.5. The van der Waals surface area contributed by atoms with Gasteiger partial charge in [0.25, 0.3) is 0 Å². The van der Waals surface area contributed by atoms with Crippen LogP contribution in [-0.4, -0.2) is 11.5 Å². The van der Waals surface area contributed by atoms with Gasteiger partial charge < -0.3 is 4.90 Å². The zero-order chi connectivity index (χ0) is 15.1. The number of pyridine rings is 1. The van der Waals surface area contributed by atoms with Crippen molar-refractivity contribution in [1.82, 2.24) is 4.98 Å². The van der Waals surface area contributed by atoms with E-state index in [2.05, 4.69) is 11.1 Å². The van der Waals surface area contributed by atoms with E-state index in [-0.39, 0.29) is 5.56 Å². The maximum absolute atomic E-state index is 13.7. The molecule has 0 aliphatic heterocycles. The lowest BCUT2D eigenvalue weighted by Crippen LogP contribution is -2.25. The molecule has 0 N–H and O–H groups in total. The molecular weight excluding hydrogens is 267 g/mol. The fourth-order valence-corrected chi connectivity index (χ4v) is 2.07. The van der Waals surface area contributed by atoms with Gasteiger partial charge in [-0.05, 0) is 23.8 Å². The first-order valence-electron chi connectivity index (χ1n) is 6.45. The van der Waals surface area contributed by atoms with E-state index < -0.39 is 5.82 Å². The normalized spacial score (nSPS) is 9.67. The summed E-state index contributed by atoms with van der Waals surface area (Å²) in [4.78, 5) is 5.86. The summed E-state index contributed by atoms with van der Waals surface area (Å²) in [5.74, 6) is -0.553. The fourth-order valence-electron chi connectivity index (χ4n) is 2.07. The Labute approximate surface area is 122 Å². The van der Waals surface area contributed by atoms with Crippen LogP contribution in [0.5, 0.6) is 0 Å². The zero-order valence-corrected chi connectivity index (χ0v) is 11.3. The van der Waals surface area contributed by atoms with Gasteiger partial charge in [0.05, 0.1) is 18.2 Å². The zero-order valence-electron chi connectivity index (χ0n) is 11.3. The second-order valence-electron chi connectivity index (χ2n) is 4.44. The molecule has 1 aromatic heterocycles. The first-order valence-corrected chi connectivity index (χ1v) is 6.45. The molecule has 1 heterocycles. The molecule has 0 saturated carbocycles. The molecule has 2 aromatic rings. The van der Waals surface area contributed by atoms with E-state index in [1.807, 2.05) is 23.1 Å². The number of nitrogens with zero attached hydrogens (tertiary/aromatic N) is 4. The molecule has 0 amide bonds. The molecule has 0 bridgehead atoms. The number of hydrogen-bond donors (Lipinski definition) is 0. The van der Waals surface area contributed by atoms with Crippen LogP contribution in [-0.2, 0) is 6.54 Å². The summed E-state index contributed by atoms with van der Waals surface area (Å²) >= 11 is 0. The molecule has 0 radical (unpaired) electrons. The van der Waals surface area contributed by atoms with E-state index in [1.54, 1.807) is 24.5 Å². The van der Waals surface area contributed by atoms with Crippen molar-refractivity contribution in [2.24, 2.45) is 0 Å².